The first-order valence-corrected chi connectivity index (χ1v) is 9.62. The van der Waals surface area contributed by atoms with Gasteiger partial charge in [-0.1, -0.05) is 40.0 Å². The SMILES string of the molecule is CCC1CC(CC)(CC)CC(OOC(C)(C)C)(OOC(C)(C)C)C1. The Bertz CT molecular complexity index is 356. The molecule has 144 valence electrons. The van der Waals surface area contributed by atoms with Crippen LogP contribution in [0.4, 0.5) is 0 Å². The Morgan fingerprint density at radius 2 is 1.25 bits per heavy atom. The molecule has 1 atom stereocenters. The second kappa shape index (κ2) is 8.03. The fraction of sp³-hybridized carbons (Fsp3) is 1.00. The summed E-state index contributed by atoms with van der Waals surface area (Å²) in [6.45, 7) is 18.7. The molecule has 1 fully saturated rings. The smallest absolute Gasteiger partial charge is 0.228 e. The lowest BCUT2D eigenvalue weighted by molar-refractivity contribution is -0.552. The monoisotopic (exact) mass is 344 g/mol. The predicted molar refractivity (Wildman–Crippen MR) is 97.2 cm³/mol. The molecule has 0 aromatic carbocycles. The van der Waals surface area contributed by atoms with Crippen LogP contribution in [0.5, 0.6) is 0 Å². The van der Waals surface area contributed by atoms with Crippen molar-refractivity contribution < 1.29 is 19.6 Å². The molecule has 4 heteroatoms. The standard InChI is InChI=1S/C20H40O4/c1-10-16-13-19(11-2,12-3)15-20(14-16,23-21-17(4,5)6)24-22-18(7,8)9/h16H,10-15H2,1-9H3. The van der Waals surface area contributed by atoms with E-state index < -0.39 is 17.0 Å². The minimum absolute atomic E-state index is 0.210. The van der Waals surface area contributed by atoms with E-state index in [0.717, 1.165) is 32.1 Å². The van der Waals surface area contributed by atoms with E-state index in [9.17, 15) is 0 Å². The highest BCUT2D eigenvalue weighted by molar-refractivity contribution is 4.93. The van der Waals surface area contributed by atoms with Crippen molar-refractivity contribution in [1.29, 1.82) is 0 Å². The van der Waals surface area contributed by atoms with Crippen molar-refractivity contribution in [1.82, 2.24) is 0 Å². The molecule has 1 unspecified atom stereocenters. The van der Waals surface area contributed by atoms with Crippen molar-refractivity contribution in [3.63, 3.8) is 0 Å². The first-order chi connectivity index (χ1) is 10.9. The van der Waals surface area contributed by atoms with E-state index >= 15 is 0 Å². The van der Waals surface area contributed by atoms with Gasteiger partial charge in [0.1, 0.15) is 0 Å². The Morgan fingerprint density at radius 1 is 0.792 bits per heavy atom. The third-order valence-electron chi connectivity index (χ3n) is 4.93. The summed E-state index contributed by atoms with van der Waals surface area (Å²) in [5.74, 6) is -0.295. The Labute approximate surface area is 149 Å². The number of hydrogen-bond donors (Lipinski definition) is 0. The van der Waals surface area contributed by atoms with Gasteiger partial charge >= 0.3 is 0 Å². The maximum absolute atomic E-state index is 5.97. The Kier molecular flexibility index (Phi) is 7.32. The van der Waals surface area contributed by atoms with Crippen molar-refractivity contribution in [2.24, 2.45) is 11.3 Å². The molecule has 24 heavy (non-hydrogen) atoms. The van der Waals surface area contributed by atoms with Crippen molar-refractivity contribution in [3.05, 3.63) is 0 Å². The van der Waals surface area contributed by atoms with Gasteiger partial charge < -0.3 is 0 Å². The third-order valence-corrected chi connectivity index (χ3v) is 4.93. The first-order valence-electron chi connectivity index (χ1n) is 9.62. The van der Waals surface area contributed by atoms with Crippen LogP contribution >= 0.6 is 0 Å². The van der Waals surface area contributed by atoms with Crippen molar-refractivity contribution in [2.75, 3.05) is 0 Å². The molecule has 0 heterocycles. The largest absolute Gasteiger partial charge is 0.234 e. The van der Waals surface area contributed by atoms with Crippen LogP contribution in [0.15, 0.2) is 0 Å². The lowest BCUT2D eigenvalue weighted by atomic mass is 9.64. The molecule has 1 aliphatic rings. The quantitative estimate of drug-likeness (QED) is 0.313. The van der Waals surface area contributed by atoms with Crippen LogP contribution in [0, 0.1) is 11.3 Å². The summed E-state index contributed by atoms with van der Waals surface area (Å²) >= 11 is 0. The highest BCUT2D eigenvalue weighted by Crippen LogP contribution is 2.52. The predicted octanol–water partition coefficient (Wildman–Crippen LogP) is 6.19. The highest BCUT2D eigenvalue weighted by atomic mass is 17.3. The topological polar surface area (TPSA) is 36.9 Å². The van der Waals surface area contributed by atoms with E-state index in [1.807, 2.05) is 41.5 Å². The maximum Gasteiger partial charge on any atom is 0.234 e. The zero-order chi connectivity index (χ0) is 18.6. The second-order valence-corrected chi connectivity index (χ2v) is 9.54. The summed E-state index contributed by atoms with van der Waals surface area (Å²) in [6, 6.07) is 0. The van der Waals surface area contributed by atoms with Crippen LogP contribution in [0.25, 0.3) is 0 Å². The lowest BCUT2D eigenvalue weighted by Crippen LogP contribution is -2.50. The van der Waals surface area contributed by atoms with E-state index in [1.54, 1.807) is 0 Å². The van der Waals surface area contributed by atoms with Gasteiger partial charge in [0.05, 0.1) is 11.2 Å². The minimum atomic E-state index is -0.842. The molecule has 0 N–H and O–H groups in total. The molecule has 0 aromatic rings. The van der Waals surface area contributed by atoms with Gasteiger partial charge in [0.2, 0.25) is 5.79 Å². The first kappa shape index (κ1) is 21.9. The molecule has 0 amide bonds. The summed E-state index contributed by atoms with van der Waals surface area (Å²) < 4.78 is 0. The van der Waals surface area contributed by atoms with Crippen LogP contribution in [-0.2, 0) is 19.6 Å². The summed E-state index contributed by atoms with van der Waals surface area (Å²) in [5.41, 5.74) is -0.571. The van der Waals surface area contributed by atoms with E-state index in [0.29, 0.717) is 5.92 Å². The number of hydrogen-bond acceptors (Lipinski definition) is 4. The van der Waals surface area contributed by atoms with Gasteiger partial charge in [0.15, 0.2) is 0 Å². The van der Waals surface area contributed by atoms with Crippen LogP contribution < -0.4 is 0 Å². The zero-order valence-corrected chi connectivity index (χ0v) is 17.5. The van der Waals surface area contributed by atoms with E-state index in [2.05, 4.69) is 20.8 Å². The average molecular weight is 345 g/mol. The van der Waals surface area contributed by atoms with Crippen LogP contribution in [0.3, 0.4) is 0 Å². The zero-order valence-electron chi connectivity index (χ0n) is 17.5. The maximum atomic E-state index is 5.97. The Morgan fingerprint density at radius 3 is 1.58 bits per heavy atom. The molecule has 0 spiro atoms. The molecule has 1 saturated carbocycles. The van der Waals surface area contributed by atoms with Crippen molar-refractivity contribution in [3.8, 4) is 0 Å². The number of rotatable bonds is 7. The molecule has 4 nitrogen and oxygen atoms in total. The Hall–Kier alpha value is -0.160. The van der Waals surface area contributed by atoms with Gasteiger partial charge in [0, 0.05) is 12.8 Å². The van der Waals surface area contributed by atoms with Gasteiger partial charge in [0.25, 0.3) is 0 Å². The molecule has 1 rings (SSSR count). The minimum Gasteiger partial charge on any atom is -0.228 e. The lowest BCUT2D eigenvalue weighted by Gasteiger charge is -2.49. The van der Waals surface area contributed by atoms with E-state index in [4.69, 9.17) is 19.6 Å². The summed E-state index contributed by atoms with van der Waals surface area (Å²) in [7, 11) is 0. The van der Waals surface area contributed by atoms with Gasteiger partial charge in [-0.3, -0.25) is 0 Å². The van der Waals surface area contributed by atoms with E-state index in [-0.39, 0.29) is 5.41 Å². The van der Waals surface area contributed by atoms with Crippen LogP contribution in [0.2, 0.25) is 0 Å². The molecular formula is C20H40O4. The molecule has 0 bridgehead atoms. The molecular weight excluding hydrogens is 304 g/mol. The van der Waals surface area contributed by atoms with Crippen molar-refractivity contribution in [2.45, 2.75) is 118 Å². The fourth-order valence-electron chi connectivity index (χ4n) is 3.46. The van der Waals surface area contributed by atoms with Crippen LogP contribution in [-0.4, -0.2) is 17.0 Å². The molecule has 0 aliphatic heterocycles. The molecule has 1 aliphatic carbocycles. The normalized spacial score (nSPS) is 24.1. The Balaban J connectivity index is 3.07. The van der Waals surface area contributed by atoms with Crippen molar-refractivity contribution >= 4 is 0 Å². The molecule has 0 saturated heterocycles. The van der Waals surface area contributed by atoms with Gasteiger partial charge in [-0.2, -0.15) is 9.78 Å². The summed E-state index contributed by atoms with van der Waals surface area (Å²) in [4.78, 5) is 23.4. The molecule has 0 aromatic heterocycles. The summed E-state index contributed by atoms with van der Waals surface area (Å²) in [5, 5.41) is 0. The third kappa shape index (κ3) is 6.62. The van der Waals surface area contributed by atoms with Gasteiger partial charge in [-0.15, -0.1) is 0 Å². The average Bonchev–Trinajstić information content (AvgIpc) is 2.49. The van der Waals surface area contributed by atoms with Gasteiger partial charge in [-0.05, 0) is 59.3 Å². The highest BCUT2D eigenvalue weighted by Gasteiger charge is 2.51. The fourth-order valence-corrected chi connectivity index (χ4v) is 3.46. The molecule has 0 radical (unpaired) electrons. The van der Waals surface area contributed by atoms with Crippen LogP contribution in [0.1, 0.15) is 101 Å². The second-order valence-electron chi connectivity index (χ2n) is 9.54. The van der Waals surface area contributed by atoms with Gasteiger partial charge in [-0.25, -0.2) is 9.78 Å². The summed E-state index contributed by atoms with van der Waals surface area (Å²) in [6.07, 6.45) is 6.16. The van der Waals surface area contributed by atoms with E-state index in [1.165, 1.54) is 6.42 Å².